The molecular weight excluding hydrogens is 683 g/mol. The van der Waals surface area contributed by atoms with Crippen LogP contribution in [0.5, 0.6) is 0 Å². The Morgan fingerprint density at radius 3 is 1.75 bits per heavy atom. The number of hydrogen-bond donors (Lipinski definition) is 0. The minimum Gasteiger partial charge on any atom is -0.454 e. The van der Waals surface area contributed by atoms with E-state index in [4.69, 9.17) is 14.4 Å². The Morgan fingerprint density at radius 2 is 1.11 bits per heavy atom. The quantitative estimate of drug-likeness (QED) is 0.172. The predicted octanol–water partition coefficient (Wildman–Crippen LogP) is 13.9. The summed E-state index contributed by atoms with van der Waals surface area (Å²) < 4.78 is 9.28. The maximum absolute atomic E-state index is 6.92. The van der Waals surface area contributed by atoms with Gasteiger partial charge in [0.25, 0.3) is 0 Å². The molecule has 11 rings (SSSR count). The molecule has 0 N–H and O–H groups in total. The summed E-state index contributed by atoms with van der Waals surface area (Å²) in [6.07, 6.45) is 8.73. The molecule has 0 fully saturated rings. The fraction of sp³-hybridized carbons (Fsp3) is 0.0385. The van der Waals surface area contributed by atoms with Crippen molar-refractivity contribution < 1.29 is 4.42 Å². The summed E-state index contributed by atoms with van der Waals surface area (Å²) in [4.78, 5) is 10.4. The first kappa shape index (κ1) is 32.2. The summed E-state index contributed by atoms with van der Waals surface area (Å²) in [7, 11) is 0. The minimum atomic E-state index is 0.679. The lowest BCUT2D eigenvalue weighted by molar-refractivity contribution is 0.666. The van der Waals surface area contributed by atoms with Crippen molar-refractivity contribution in [1.29, 1.82) is 0 Å². The fourth-order valence-electron chi connectivity index (χ4n) is 8.37. The zero-order chi connectivity index (χ0) is 37.0. The van der Waals surface area contributed by atoms with Gasteiger partial charge in [-0.25, -0.2) is 9.97 Å². The average molecular weight is 718 g/mol. The van der Waals surface area contributed by atoms with Gasteiger partial charge in [-0.15, -0.1) is 0 Å². The molecular formula is C52H35N3O. The molecule has 0 bridgehead atoms. The number of para-hydroxylation sites is 1. The van der Waals surface area contributed by atoms with Crippen molar-refractivity contribution in [3.63, 3.8) is 0 Å². The summed E-state index contributed by atoms with van der Waals surface area (Å²) in [5.74, 6) is 0.679. The number of hydrogen-bond acceptors (Lipinski definition) is 3. The molecule has 3 aromatic heterocycles. The normalized spacial score (nSPS) is 12.9. The third-order valence-corrected chi connectivity index (χ3v) is 11.0. The molecule has 264 valence electrons. The van der Waals surface area contributed by atoms with Crippen LogP contribution in [0.1, 0.15) is 18.5 Å². The van der Waals surface area contributed by atoms with Crippen molar-refractivity contribution in [2.24, 2.45) is 0 Å². The van der Waals surface area contributed by atoms with Gasteiger partial charge in [0.05, 0.1) is 28.1 Å². The number of allylic oxidation sites excluding steroid dienone is 4. The van der Waals surface area contributed by atoms with E-state index in [-0.39, 0.29) is 0 Å². The number of furan rings is 1. The van der Waals surface area contributed by atoms with Crippen LogP contribution < -0.4 is 0 Å². The molecule has 4 heteroatoms. The zero-order valence-corrected chi connectivity index (χ0v) is 30.6. The van der Waals surface area contributed by atoms with Crippen molar-refractivity contribution in [3.05, 3.63) is 194 Å². The Hall–Kier alpha value is -7.30. The van der Waals surface area contributed by atoms with Gasteiger partial charge in [-0.3, -0.25) is 0 Å². The van der Waals surface area contributed by atoms with Crippen LogP contribution in [0.4, 0.5) is 0 Å². The molecule has 10 aromatic rings. The third-order valence-electron chi connectivity index (χ3n) is 11.0. The monoisotopic (exact) mass is 717 g/mol. The maximum atomic E-state index is 6.92. The second-order valence-corrected chi connectivity index (χ2v) is 14.4. The lowest BCUT2D eigenvalue weighted by Crippen LogP contribution is -1.99. The number of rotatable bonds is 6. The highest BCUT2D eigenvalue weighted by Gasteiger charge is 2.22. The summed E-state index contributed by atoms with van der Waals surface area (Å²) in [6.45, 7) is 0. The van der Waals surface area contributed by atoms with Gasteiger partial charge in [0.15, 0.2) is 11.4 Å². The van der Waals surface area contributed by atoms with Gasteiger partial charge >= 0.3 is 0 Å². The Balaban J connectivity index is 1.15. The molecule has 0 amide bonds. The van der Waals surface area contributed by atoms with Crippen molar-refractivity contribution in [3.8, 4) is 50.6 Å². The summed E-state index contributed by atoms with van der Waals surface area (Å²) in [5, 5.41) is 4.42. The molecule has 0 aliphatic heterocycles. The average Bonchev–Trinajstić information content (AvgIpc) is 3.83. The largest absolute Gasteiger partial charge is 0.454 e. The highest BCUT2D eigenvalue weighted by atomic mass is 16.3. The Labute approximate surface area is 324 Å². The molecule has 4 nitrogen and oxygen atoms in total. The Kier molecular flexibility index (Phi) is 7.59. The van der Waals surface area contributed by atoms with Crippen LogP contribution in [-0.4, -0.2) is 14.5 Å². The van der Waals surface area contributed by atoms with Crippen molar-refractivity contribution in [2.45, 2.75) is 12.8 Å². The smallest absolute Gasteiger partial charge is 0.161 e. The molecule has 0 atom stereocenters. The van der Waals surface area contributed by atoms with Crippen LogP contribution >= 0.6 is 0 Å². The van der Waals surface area contributed by atoms with E-state index in [1.165, 1.54) is 33.0 Å². The highest BCUT2D eigenvalue weighted by Crippen LogP contribution is 2.42. The van der Waals surface area contributed by atoms with Gasteiger partial charge in [-0.05, 0) is 83.1 Å². The van der Waals surface area contributed by atoms with Gasteiger partial charge in [0.1, 0.15) is 5.58 Å². The zero-order valence-electron chi connectivity index (χ0n) is 30.6. The first-order valence-corrected chi connectivity index (χ1v) is 19.2. The summed E-state index contributed by atoms with van der Waals surface area (Å²) in [6, 6.07) is 60.1. The van der Waals surface area contributed by atoms with E-state index in [2.05, 4.69) is 181 Å². The van der Waals surface area contributed by atoms with E-state index in [1.807, 2.05) is 12.1 Å². The third kappa shape index (κ3) is 5.38. The molecule has 56 heavy (non-hydrogen) atoms. The molecule has 7 aromatic carbocycles. The number of nitrogens with zero attached hydrogens (tertiary/aromatic N) is 3. The molecule has 3 heterocycles. The molecule has 1 aliphatic rings. The number of fused-ring (bicyclic) bond motifs is 6. The van der Waals surface area contributed by atoms with Gasteiger partial charge in [-0.2, -0.15) is 0 Å². The second kappa shape index (κ2) is 13.2. The van der Waals surface area contributed by atoms with Crippen LogP contribution in [0.2, 0.25) is 0 Å². The topological polar surface area (TPSA) is 43.9 Å². The second-order valence-electron chi connectivity index (χ2n) is 14.4. The van der Waals surface area contributed by atoms with Gasteiger partial charge < -0.3 is 8.98 Å². The lowest BCUT2D eigenvalue weighted by atomic mass is 10.0. The molecule has 1 aliphatic carbocycles. The van der Waals surface area contributed by atoms with Crippen LogP contribution in [-0.2, 0) is 0 Å². The van der Waals surface area contributed by atoms with Gasteiger partial charge in [0, 0.05) is 32.7 Å². The van der Waals surface area contributed by atoms with E-state index in [0.717, 1.165) is 79.6 Å². The lowest BCUT2D eigenvalue weighted by Gasteiger charge is -2.12. The Bertz CT molecular complexity index is 3070. The van der Waals surface area contributed by atoms with Crippen LogP contribution in [0.3, 0.4) is 0 Å². The van der Waals surface area contributed by atoms with Crippen LogP contribution in [0.25, 0.3) is 99.9 Å². The maximum Gasteiger partial charge on any atom is 0.161 e. The van der Waals surface area contributed by atoms with Crippen molar-refractivity contribution in [1.82, 2.24) is 14.5 Å². The number of benzene rings is 7. The molecule has 0 spiro atoms. The fourth-order valence-corrected chi connectivity index (χ4v) is 8.37. The molecule has 0 saturated heterocycles. The number of aromatic nitrogens is 3. The van der Waals surface area contributed by atoms with Gasteiger partial charge in [0.2, 0.25) is 0 Å². The summed E-state index contributed by atoms with van der Waals surface area (Å²) >= 11 is 0. The minimum absolute atomic E-state index is 0.679. The van der Waals surface area contributed by atoms with E-state index in [1.54, 1.807) is 0 Å². The van der Waals surface area contributed by atoms with E-state index < -0.39 is 0 Å². The van der Waals surface area contributed by atoms with Crippen LogP contribution in [0, 0.1) is 0 Å². The van der Waals surface area contributed by atoms with E-state index >= 15 is 0 Å². The van der Waals surface area contributed by atoms with E-state index in [9.17, 15) is 0 Å². The first-order chi connectivity index (χ1) is 27.8. The predicted molar refractivity (Wildman–Crippen MR) is 232 cm³/mol. The Morgan fingerprint density at radius 1 is 0.482 bits per heavy atom. The van der Waals surface area contributed by atoms with Crippen molar-refractivity contribution in [2.75, 3.05) is 0 Å². The highest BCUT2D eigenvalue weighted by molar-refractivity contribution is 6.16. The summed E-state index contributed by atoms with van der Waals surface area (Å²) in [5.41, 5.74) is 14.6. The molecule has 0 saturated carbocycles. The standard InChI is InChI=1S/C52H35N3O/c1-5-15-34(16-6-1)38-27-29-46-42(31-38)43-32-39(35-17-7-2-8-18-35)28-30-47(43)55(46)48-25-13-23-40-50-41(24-14-26-49(50)56-51(40)48)52-53-44(36-19-9-3-10-20-36)33-45(54-52)37-21-11-4-12-22-37/h1-3,5-11,13-33H,4,12H2. The molecule has 0 radical (unpaired) electrons. The molecule has 0 unspecified atom stereocenters. The van der Waals surface area contributed by atoms with Crippen LogP contribution in [0.15, 0.2) is 193 Å². The first-order valence-electron chi connectivity index (χ1n) is 19.2. The van der Waals surface area contributed by atoms with Crippen molar-refractivity contribution >= 4 is 49.3 Å². The van der Waals surface area contributed by atoms with Gasteiger partial charge in [-0.1, -0.05) is 146 Å². The van der Waals surface area contributed by atoms with E-state index in [0.29, 0.717) is 5.82 Å². The SMILES string of the molecule is C1=CC(c2cc(-c3ccccc3)nc(-c3cccc4oc5c(-n6c7ccc(-c8ccccc8)cc7c7cc(-c8ccccc8)ccc76)cccc5c34)n2)=CCC1.